The Morgan fingerprint density at radius 1 is 0.489 bits per heavy atom. The Hall–Kier alpha value is -5.80. The predicted octanol–water partition coefficient (Wildman–Crippen LogP) is 9.38. The fourth-order valence-electron chi connectivity index (χ4n) is 7.61. The molecule has 1 unspecified atom stereocenters. The minimum Gasteiger partial charge on any atom is -0.456 e. The van der Waals surface area contributed by atoms with E-state index in [4.69, 9.17) is 4.42 Å². The molecule has 0 saturated carbocycles. The molecule has 0 bridgehead atoms. The van der Waals surface area contributed by atoms with Crippen LogP contribution in [0.25, 0.3) is 78.2 Å². The first-order chi connectivity index (χ1) is 22.3. The average molecular weight is 577 g/mol. The molecule has 0 N–H and O–H groups in total. The van der Waals surface area contributed by atoms with Crippen LogP contribution in [0.2, 0.25) is 0 Å². The highest BCUT2D eigenvalue weighted by atomic mass is 16.3. The van der Waals surface area contributed by atoms with Crippen molar-refractivity contribution in [2.24, 2.45) is 0 Å². The number of furan rings is 1. The number of benzene rings is 6. The first-order valence-electron chi connectivity index (χ1n) is 15.6. The van der Waals surface area contributed by atoms with E-state index in [0.717, 1.165) is 34.0 Å². The third-order valence-corrected chi connectivity index (χ3v) is 9.64. The van der Waals surface area contributed by atoms with Gasteiger partial charge in [0.2, 0.25) is 0 Å². The maximum atomic E-state index is 6.38. The van der Waals surface area contributed by atoms with Crippen LogP contribution in [0.5, 0.6) is 0 Å². The van der Waals surface area contributed by atoms with Crippen molar-refractivity contribution in [1.29, 1.82) is 0 Å². The maximum absolute atomic E-state index is 6.38. The van der Waals surface area contributed by atoms with Crippen molar-refractivity contribution < 1.29 is 4.42 Å². The molecular formula is C42H28N2O. The lowest BCUT2D eigenvalue weighted by Crippen LogP contribution is -2.31. The van der Waals surface area contributed by atoms with Crippen molar-refractivity contribution in [3.05, 3.63) is 156 Å². The molecule has 1 aliphatic rings. The molecule has 1 aliphatic carbocycles. The smallest absolute Gasteiger partial charge is 0.135 e. The van der Waals surface area contributed by atoms with E-state index in [9.17, 15) is 0 Å². The van der Waals surface area contributed by atoms with Gasteiger partial charge in [0.1, 0.15) is 11.2 Å². The standard InChI is InChI=1S/C42H28N2O/c1-2-10-29(11-3-1)43-39-17-9-6-14-33(39)34-24-27(18-21-40(34)43)28-19-22-41-35(25-28)36-26-30(20-23-42(36)45-41)44-37-15-7-4-12-31(37)32-13-5-8-16-38(32)44/h1-17,19-27H,18H2. The van der Waals surface area contributed by atoms with E-state index >= 15 is 0 Å². The molecule has 6 aromatic carbocycles. The fraction of sp³-hybridized carbons (Fsp3) is 0.0476. The third-order valence-electron chi connectivity index (χ3n) is 9.64. The summed E-state index contributed by atoms with van der Waals surface area (Å²) in [4.78, 5) is 0. The van der Waals surface area contributed by atoms with Crippen LogP contribution in [0.4, 0.5) is 0 Å². The number of hydrogen-bond donors (Lipinski definition) is 0. The number of fused-ring (bicyclic) bond motifs is 9. The summed E-state index contributed by atoms with van der Waals surface area (Å²) < 4.78 is 11.2. The van der Waals surface area contributed by atoms with Gasteiger partial charge in [-0.3, -0.25) is 0 Å². The lowest BCUT2D eigenvalue weighted by atomic mass is 9.90. The van der Waals surface area contributed by atoms with Crippen molar-refractivity contribution in [3.8, 4) is 11.4 Å². The minimum atomic E-state index is 0.280. The van der Waals surface area contributed by atoms with E-state index in [2.05, 4.69) is 161 Å². The first-order valence-corrected chi connectivity index (χ1v) is 15.6. The first kappa shape index (κ1) is 24.6. The molecular weight excluding hydrogens is 548 g/mol. The van der Waals surface area contributed by atoms with Crippen molar-refractivity contribution in [1.82, 2.24) is 9.13 Å². The van der Waals surface area contributed by atoms with Gasteiger partial charge in [0.15, 0.2) is 0 Å². The van der Waals surface area contributed by atoms with E-state index in [1.807, 2.05) is 0 Å². The number of aromatic nitrogens is 2. The van der Waals surface area contributed by atoms with Gasteiger partial charge in [0, 0.05) is 54.8 Å². The molecule has 212 valence electrons. The zero-order valence-electron chi connectivity index (χ0n) is 24.5. The Labute approximate surface area is 259 Å². The van der Waals surface area contributed by atoms with Crippen LogP contribution in [-0.4, -0.2) is 9.13 Å². The lowest BCUT2D eigenvalue weighted by Gasteiger charge is -2.15. The van der Waals surface area contributed by atoms with E-state index in [1.54, 1.807) is 0 Å². The summed E-state index contributed by atoms with van der Waals surface area (Å²) >= 11 is 0. The van der Waals surface area contributed by atoms with Gasteiger partial charge < -0.3 is 13.6 Å². The van der Waals surface area contributed by atoms with Crippen LogP contribution in [0.15, 0.2) is 144 Å². The number of rotatable bonds is 3. The Balaban J connectivity index is 1.14. The second-order valence-electron chi connectivity index (χ2n) is 12.1. The van der Waals surface area contributed by atoms with Gasteiger partial charge in [-0.05, 0) is 72.6 Å². The zero-order valence-corrected chi connectivity index (χ0v) is 24.5. The molecule has 0 aliphatic heterocycles. The summed E-state index contributed by atoms with van der Waals surface area (Å²) in [6.45, 7) is 0. The summed E-state index contributed by atoms with van der Waals surface area (Å²) in [5, 5.41) is 8.74. The summed E-state index contributed by atoms with van der Waals surface area (Å²) in [5.41, 5.74) is 9.16. The van der Waals surface area contributed by atoms with Gasteiger partial charge in [-0.15, -0.1) is 0 Å². The quantitative estimate of drug-likeness (QED) is 0.205. The molecule has 3 nitrogen and oxygen atoms in total. The molecule has 3 aromatic heterocycles. The van der Waals surface area contributed by atoms with Gasteiger partial charge >= 0.3 is 0 Å². The molecule has 0 amide bonds. The summed E-state index contributed by atoms with van der Waals surface area (Å²) in [6.07, 6.45) is 5.85. The van der Waals surface area contributed by atoms with Crippen molar-refractivity contribution in [2.75, 3.05) is 0 Å². The van der Waals surface area contributed by atoms with Crippen molar-refractivity contribution >= 4 is 66.8 Å². The molecule has 10 rings (SSSR count). The van der Waals surface area contributed by atoms with Crippen LogP contribution < -0.4 is 10.6 Å². The molecule has 0 spiro atoms. The van der Waals surface area contributed by atoms with Gasteiger partial charge in [0.05, 0.1) is 16.6 Å². The Morgan fingerprint density at radius 3 is 1.82 bits per heavy atom. The second-order valence-corrected chi connectivity index (χ2v) is 12.1. The summed E-state index contributed by atoms with van der Waals surface area (Å²) in [5.74, 6) is 0.280. The Kier molecular flexibility index (Phi) is 5.11. The van der Waals surface area contributed by atoms with Crippen LogP contribution in [-0.2, 0) is 0 Å². The van der Waals surface area contributed by atoms with E-state index in [0.29, 0.717) is 0 Å². The largest absolute Gasteiger partial charge is 0.456 e. The highest BCUT2D eigenvalue weighted by Gasteiger charge is 2.19. The third kappa shape index (κ3) is 3.58. The van der Waals surface area contributed by atoms with Crippen LogP contribution in [0.3, 0.4) is 0 Å². The normalized spacial score (nSPS) is 14.7. The monoisotopic (exact) mass is 576 g/mol. The molecule has 3 heteroatoms. The van der Waals surface area contributed by atoms with E-state index in [1.165, 1.54) is 54.5 Å². The number of hydrogen-bond acceptors (Lipinski definition) is 1. The molecule has 0 saturated heterocycles. The SMILES string of the molecule is C1=c2c(n(-c3ccccc3)c3ccccc23)=CCC1c1ccc2oc3ccc(-n4c5ccccc5c5ccccc54)cc3c2c1. The van der Waals surface area contributed by atoms with Gasteiger partial charge in [0.25, 0.3) is 0 Å². The molecule has 0 radical (unpaired) electrons. The van der Waals surface area contributed by atoms with Gasteiger partial charge in [-0.25, -0.2) is 0 Å². The number of para-hydroxylation sites is 4. The predicted molar refractivity (Wildman–Crippen MR) is 187 cm³/mol. The van der Waals surface area contributed by atoms with Crippen LogP contribution in [0.1, 0.15) is 17.9 Å². The molecule has 3 heterocycles. The zero-order chi connectivity index (χ0) is 29.5. The topological polar surface area (TPSA) is 23.0 Å². The lowest BCUT2D eigenvalue weighted by molar-refractivity contribution is 0.668. The maximum Gasteiger partial charge on any atom is 0.135 e. The second kappa shape index (κ2) is 9.35. The molecule has 9 aromatic rings. The summed E-state index contributed by atoms with van der Waals surface area (Å²) in [7, 11) is 0. The molecule has 1 atom stereocenters. The molecule has 0 fully saturated rings. The highest BCUT2D eigenvalue weighted by molar-refractivity contribution is 6.10. The minimum absolute atomic E-state index is 0.280. The fourth-order valence-corrected chi connectivity index (χ4v) is 7.61. The van der Waals surface area contributed by atoms with E-state index in [-0.39, 0.29) is 5.92 Å². The summed E-state index contributed by atoms with van der Waals surface area (Å²) in [6, 6.07) is 50.2. The van der Waals surface area contributed by atoms with Gasteiger partial charge in [-0.2, -0.15) is 0 Å². The van der Waals surface area contributed by atoms with Crippen molar-refractivity contribution in [3.63, 3.8) is 0 Å². The number of nitrogens with zero attached hydrogens (tertiary/aromatic N) is 2. The van der Waals surface area contributed by atoms with Gasteiger partial charge in [-0.1, -0.05) is 91.0 Å². The highest BCUT2D eigenvalue weighted by Crippen LogP contribution is 2.37. The van der Waals surface area contributed by atoms with Crippen LogP contribution in [0, 0.1) is 0 Å². The van der Waals surface area contributed by atoms with E-state index < -0.39 is 0 Å². The van der Waals surface area contributed by atoms with Crippen molar-refractivity contribution in [2.45, 2.75) is 12.3 Å². The average Bonchev–Trinajstić information content (AvgIpc) is 3.75. The Bertz CT molecular complexity index is 2690. The molecule has 45 heavy (non-hydrogen) atoms. The van der Waals surface area contributed by atoms with Crippen LogP contribution >= 0.6 is 0 Å². The Morgan fingerprint density at radius 2 is 1.09 bits per heavy atom.